The van der Waals surface area contributed by atoms with Gasteiger partial charge in [0.2, 0.25) is 5.91 Å². The molecule has 5 rings (SSSR count). The first-order valence-electron chi connectivity index (χ1n) is 9.11. The molecule has 0 radical (unpaired) electrons. The van der Waals surface area contributed by atoms with Crippen molar-refractivity contribution in [3.05, 3.63) is 0 Å². The molecule has 0 saturated heterocycles. The van der Waals surface area contributed by atoms with Gasteiger partial charge in [-0.1, -0.05) is 20.8 Å². The molecule has 5 fully saturated rings. The van der Waals surface area contributed by atoms with E-state index in [1.807, 2.05) is 0 Å². The van der Waals surface area contributed by atoms with E-state index in [1.54, 1.807) is 0 Å². The van der Waals surface area contributed by atoms with Crippen LogP contribution in [0.1, 0.15) is 78.6 Å². The molecule has 21 heavy (non-hydrogen) atoms. The fraction of sp³-hybridized carbons (Fsp3) is 0.947. The van der Waals surface area contributed by atoms with E-state index in [4.69, 9.17) is 0 Å². The van der Waals surface area contributed by atoms with E-state index in [1.165, 1.54) is 44.9 Å². The maximum atomic E-state index is 13.1. The summed E-state index contributed by atoms with van der Waals surface area (Å²) in [5, 5.41) is 3.46. The summed E-state index contributed by atoms with van der Waals surface area (Å²) in [6, 6.07) is 0.459. The number of hydrogen-bond acceptors (Lipinski definition) is 1. The summed E-state index contributed by atoms with van der Waals surface area (Å²) >= 11 is 0. The molecule has 0 spiro atoms. The summed E-state index contributed by atoms with van der Waals surface area (Å²) in [6.07, 6.45) is 11.3. The maximum Gasteiger partial charge on any atom is 0.226 e. The van der Waals surface area contributed by atoms with Gasteiger partial charge in [0.1, 0.15) is 0 Å². The molecule has 0 aromatic carbocycles. The second-order valence-electron chi connectivity index (χ2n) is 10.00. The first-order chi connectivity index (χ1) is 9.80. The highest BCUT2D eigenvalue weighted by molar-refractivity contribution is 5.83. The third kappa shape index (κ3) is 2.24. The van der Waals surface area contributed by atoms with Crippen LogP contribution in [-0.2, 0) is 4.79 Å². The number of amides is 1. The Morgan fingerprint density at radius 3 is 2.19 bits per heavy atom. The number of carbonyl (C=O) groups excluding carboxylic acids is 1. The normalized spacial score (nSPS) is 54.9. The third-order valence-corrected chi connectivity index (χ3v) is 7.14. The van der Waals surface area contributed by atoms with Crippen LogP contribution in [0.15, 0.2) is 0 Å². The lowest BCUT2D eigenvalue weighted by molar-refractivity contribution is -0.170. The lowest BCUT2D eigenvalue weighted by Crippen LogP contribution is -2.60. The highest BCUT2D eigenvalue weighted by Gasteiger charge is 2.62. The molecule has 5 aliphatic rings. The van der Waals surface area contributed by atoms with Crippen LogP contribution >= 0.6 is 0 Å². The Balaban J connectivity index is 1.55. The van der Waals surface area contributed by atoms with Crippen LogP contribution in [0, 0.1) is 28.1 Å². The van der Waals surface area contributed by atoms with E-state index < -0.39 is 0 Å². The van der Waals surface area contributed by atoms with Crippen molar-refractivity contribution in [2.75, 3.05) is 0 Å². The van der Waals surface area contributed by atoms with Crippen molar-refractivity contribution in [2.24, 2.45) is 28.1 Å². The first kappa shape index (κ1) is 14.1. The Labute approximate surface area is 129 Å². The van der Waals surface area contributed by atoms with Gasteiger partial charge in [0.05, 0.1) is 5.41 Å². The van der Waals surface area contributed by atoms with E-state index >= 15 is 0 Å². The van der Waals surface area contributed by atoms with Crippen LogP contribution in [0.2, 0.25) is 0 Å². The van der Waals surface area contributed by atoms with Crippen molar-refractivity contribution in [1.29, 1.82) is 0 Å². The fourth-order valence-electron chi connectivity index (χ4n) is 7.38. The molecule has 4 atom stereocenters. The quantitative estimate of drug-likeness (QED) is 0.807. The topological polar surface area (TPSA) is 29.1 Å². The van der Waals surface area contributed by atoms with Crippen molar-refractivity contribution in [1.82, 2.24) is 5.32 Å². The van der Waals surface area contributed by atoms with Gasteiger partial charge in [0.15, 0.2) is 0 Å². The molecule has 118 valence electrons. The lowest BCUT2D eigenvalue weighted by atomic mass is 9.40. The smallest absolute Gasteiger partial charge is 0.226 e. The monoisotopic (exact) mass is 289 g/mol. The molecule has 0 heterocycles. The molecule has 5 saturated carbocycles. The second kappa shape index (κ2) is 4.26. The predicted molar refractivity (Wildman–Crippen MR) is 84.8 cm³/mol. The Kier molecular flexibility index (Phi) is 2.86. The number of carbonyl (C=O) groups is 1. The fourth-order valence-corrected chi connectivity index (χ4v) is 7.38. The van der Waals surface area contributed by atoms with Crippen molar-refractivity contribution >= 4 is 5.91 Å². The zero-order valence-corrected chi connectivity index (χ0v) is 14.0. The van der Waals surface area contributed by atoms with Gasteiger partial charge in [-0.05, 0) is 80.5 Å². The zero-order chi connectivity index (χ0) is 14.9. The molecule has 0 aromatic rings. The lowest BCUT2D eigenvalue weighted by Gasteiger charge is -2.64. The summed E-state index contributed by atoms with van der Waals surface area (Å²) < 4.78 is 0. The molecular formula is C19H31NO. The Morgan fingerprint density at radius 1 is 1.00 bits per heavy atom. The minimum atomic E-state index is -0.0191. The largest absolute Gasteiger partial charge is 0.353 e. The number of rotatable bonds is 2. The second-order valence-corrected chi connectivity index (χ2v) is 10.00. The maximum absolute atomic E-state index is 13.1. The Morgan fingerprint density at radius 2 is 1.67 bits per heavy atom. The molecule has 0 aromatic heterocycles. The van der Waals surface area contributed by atoms with Gasteiger partial charge in [0.25, 0.3) is 0 Å². The first-order valence-corrected chi connectivity index (χ1v) is 9.11. The van der Waals surface area contributed by atoms with E-state index in [0.29, 0.717) is 22.8 Å². The van der Waals surface area contributed by atoms with Gasteiger partial charge in [-0.2, -0.15) is 0 Å². The molecule has 4 unspecified atom stereocenters. The molecule has 1 N–H and O–H groups in total. The summed E-state index contributed by atoms with van der Waals surface area (Å²) in [7, 11) is 0. The molecule has 0 aliphatic heterocycles. The van der Waals surface area contributed by atoms with Gasteiger partial charge >= 0.3 is 0 Å². The zero-order valence-electron chi connectivity index (χ0n) is 14.0. The van der Waals surface area contributed by atoms with Gasteiger partial charge < -0.3 is 5.32 Å². The highest BCUT2D eigenvalue weighted by Crippen LogP contribution is 2.69. The van der Waals surface area contributed by atoms with Gasteiger partial charge in [-0.25, -0.2) is 0 Å². The molecule has 5 aliphatic carbocycles. The predicted octanol–water partition coefficient (Wildman–Crippen LogP) is 4.29. The SMILES string of the molecule is CC1CCC(NC(=O)C23CC4CC(C)(CC(C)(C4)C2)C3)C1. The van der Waals surface area contributed by atoms with Crippen LogP contribution in [0.3, 0.4) is 0 Å². The van der Waals surface area contributed by atoms with Crippen molar-refractivity contribution < 1.29 is 4.79 Å². The molecule has 2 heteroatoms. The number of hydrogen-bond donors (Lipinski definition) is 1. The van der Waals surface area contributed by atoms with E-state index in [-0.39, 0.29) is 5.41 Å². The van der Waals surface area contributed by atoms with Gasteiger partial charge in [0, 0.05) is 6.04 Å². The van der Waals surface area contributed by atoms with Crippen molar-refractivity contribution in [3.63, 3.8) is 0 Å². The van der Waals surface area contributed by atoms with Gasteiger partial charge in [-0.3, -0.25) is 4.79 Å². The van der Waals surface area contributed by atoms with Crippen LogP contribution in [-0.4, -0.2) is 11.9 Å². The van der Waals surface area contributed by atoms with Crippen LogP contribution in [0.4, 0.5) is 0 Å². The standard InChI is InChI=1S/C19H31NO/c1-13-4-5-15(6-13)20-16(21)19-9-14-7-17(2,11-19)10-18(3,8-14)12-19/h13-15H,4-12H2,1-3H3,(H,20,21). The average Bonchev–Trinajstić information content (AvgIpc) is 2.69. The summed E-state index contributed by atoms with van der Waals surface area (Å²) in [4.78, 5) is 13.1. The Bertz CT molecular complexity index is 452. The van der Waals surface area contributed by atoms with Crippen molar-refractivity contribution in [2.45, 2.75) is 84.6 Å². The molecule has 1 amide bonds. The number of nitrogens with one attached hydrogen (secondary N) is 1. The van der Waals surface area contributed by atoms with E-state index in [2.05, 4.69) is 26.1 Å². The summed E-state index contributed by atoms with van der Waals surface area (Å²) in [5.74, 6) is 2.02. The molecular weight excluding hydrogens is 258 g/mol. The average molecular weight is 289 g/mol. The molecule has 2 nitrogen and oxygen atoms in total. The van der Waals surface area contributed by atoms with Crippen molar-refractivity contribution in [3.8, 4) is 0 Å². The van der Waals surface area contributed by atoms with Crippen LogP contribution in [0.5, 0.6) is 0 Å². The van der Waals surface area contributed by atoms with Crippen LogP contribution in [0.25, 0.3) is 0 Å². The van der Waals surface area contributed by atoms with E-state index in [0.717, 1.165) is 24.7 Å². The van der Waals surface area contributed by atoms with E-state index in [9.17, 15) is 4.79 Å². The minimum Gasteiger partial charge on any atom is -0.353 e. The summed E-state index contributed by atoms with van der Waals surface area (Å²) in [5.41, 5.74) is 0.859. The minimum absolute atomic E-state index is 0.0191. The summed E-state index contributed by atoms with van der Waals surface area (Å²) in [6.45, 7) is 7.23. The Hall–Kier alpha value is -0.530. The molecule has 4 bridgehead atoms. The van der Waals surface area contributed by atoms with Gasteiger partial charge in [-0.15, -0.1) is 0 Å². The highest BCUT2D eigenvalue weighted by atomic mass is 16.2. The third-order valence-electron chi connectivity index (χ3n) is 7.14. The van der Waals surface area contributed by atoms with Crippen LogP contribution < -0.4 is 5.32 Å².